The van der Waals surface area contributed by atoms with Crippen LogP contribution >= 0.6 is 0 Å². The molecule has 0 fully saturated rings. The molecule has 6 nitrogen and oxygen atoms in total. The molecule has 7 heteroatoms. The highest BCUT2D eigenvalue weighted by atomic mass is 19.1. The zero-order valence-electron chi connectivity index (χ0n) is 14.9. The van der Waals surface area contributed by atoms with Crippen molar-refractivity contribution in [3.05, 3.63) is 46.9 Å². The Morgan fingerprint density at radius 3 is 2.88 bits per heavy atom. The Kier molecular flexibility index (Phi) is 4.88. The molecule has 0 aromatic carbocycles. The Morgan fingerprint density at radius 2 is 2.12 bits per heavy atom. The number of ether oxygens (including phenoxy) is 1. The van der Waals surface area contributed by atoms with Crippen LogP contribution in [0.2, 0.25) is 0 Å². The summed E-state index contributed by atoms with van der Waals surface area (Å²) in [6, 6.07) is 1.49. The molecule has 4 rings (SSSR count). The lowest BCUT2D eigenvalue weighted by molar-refractivity contribution is 0.241. The fraction of sp³-hybridized carbons (Fsp3) is 0.474. The van der Waals surface area contributed by atoms with E-state index >= 15 is 0 Å². The van der Waals surface area contributed by atoms with Gasteiger partial charge in [-0.3, -0.25) is 9.89 Å². The van der Waals surface area contributed by atoms with Gasteiger partial charge in [0.25, 0.3) is 0 Å². The van der Waals surface area contributed by atoms with Crippen molar-refractivity contribution in [3.63, 3.8) is 0 Å². The summed E-state index contributed by atoms with van der Waals surface area (Å²) in [5, 5.41) is 0. The summed E-state index contributed by atoms with van der Waals surface area (Å²) in [6.07, 6.45) is 7.75. The Morgan fingerprint density at radius 1 is 1.19 bits per heavy atom. The third-order valence-corrected chi connectivity index (χ3v) is 4.86. The van der Waals surface area contributed by atoms with Gasteiger partial charge in [-0.05, 0) is 30.9 Å². The number of hydrogen-bond donors (Lipinski definition) is 0. The lowest BCUT2D eigenvalue weighted by atomic mass is 10.0. The number of pyridine rings is 1. The maximum absolute atomic E-state index is 13.8. The van der Waals surface area contributed by atoms with E-state index in [1.807, 2.05) is 6.20 Å². The van der Waals surface area contributed by atoms with Gasteiger partial charge in [-0.2, -0.15) is 0 Å². The van der Waals surface area contributed by atoms with Crippen LogP contribution in [-0.2, 0) is 19.5 Å². The minimum absolute atomic E-state index is 0.0318. The van der Waals surface area contributed by atoms with E-state index in [4.69, 9.17) is 9.72 Å². The second-order valence-electron chi connectivity index (χ2n) is 6.75. The number of aromatic nitrogens is 3. The highest BCUT2D eigenvalue weighted by Gasteiger charge is 2.20. The SMILES string of the molecule is COc1ncc(CN2CCc3nc(C4=NCCCC4)ncc3C2)cc1F. The van der Waals surface area contributed by atoms with Crippen molar-refractivity contribution in [1.82, 2.24) is 19.9 Å². The van der Waals surface area contributed by atoms with Gasteiger partial charge in [0.1, 0.15) is 0 Å². The lowest BCUT2D eigenvalue weighted by Crippen LogP contribution is -2.31. The minimum Gasteiger partial charge on any atom is -0.479 e. The van der Waals surface area contributed by atoms with Crippen LogP contribution in [0, 0.1) is 5.82 Å². The molecular weight excluding hydrogens is 333 g/mol. The van der Waals surface area contributed by atoms with Gasteiger partial charge >= 0.3 is 0 Å². The molecular formula is C19H22FN5O. The molecule has 0 saturated carbocycles. The standard InChI is InChI=1S/C19H22FN5O/c1-26-19-15(20)8-13(9-23-19)11-25-7-5-16-14(12-25)10-22-18(24-16)17-4-2-3-6-21-17/h8-10H,2-7,11-12H2,1H3. The molecule has 0 bridgehead atoms. The summed E-state index contributed by atoms with van der Waals surface area (Å²) in [4.78, 5) is 20.1. The lowest BCUT2D eigenvalue weighted by Gasteiger charge is -2.28. The fourth-order valence-corrected chi connectivity index (χ4v) is 3.49. The molecule has 0 atom stereocenters. The van der Waals surface area contributed by atoms with Crippen LogP contribution in [0.4, 0.5) is 4.39 Å². The van der Waals surface area contributed by atoms with Crippen LogP contribution in [0.3, 0.4) is 0 Å². The molecule has 2 aliphatic heterocycles. The first-order valence-corrected chi connectivity index (χ1v) is 9.02. The minimum atomic E-state index is -0.427. The average molecular weight is 355 g/mol. The van der Waals surface area contributed by atoms with E-state index in [0.29, 0.717) is 6.54 Å². The van der Waals surface area contributed by atoms with Crippen molar-refractivity contribution < 1.29 is 9.13 Å². The van der Waals surface area contributed by atoms with E-state index in [-0.39, 0.29) is 5.88 Å². The molecule has 0 amide bonds. The third kappa shape index (κ3) is 3.58. The van der Waals surface area contributed by atoms with Gasteiger partial charge < -0.3 is 4.74 Å². The van der Waals surface area contributed by atoms with Gasteiger partial charge in [-0.25, -0.2) is 19.3 Å². The number of hydrogen-bond acceptors (Lipinski definition) is 6. The van der Waals surface area contributed by atoms with Crippen LogP contribution in [0.5, 0.6) is 5.88 Å². The normalized spacial score (nSPS) is 17.5. The van der Waals surface area contributed by atoms with E-state index < -0.39 is 5.82 Å². The summed E-state index contributed by atoms with van der Waals surface area (Å²) in [5.41, 5.74) is 4.12. The number of nitrogens with zero attached hydrogens (tertiary/aromatic N) is 5. The molecule has 0 saturated heterocycles. The Hall–Kier alpha value is -2.41. The van der Waals surface area contributed by atoms with Crippen molar-refractivity contribution in [1.29, 1.82) is 0 Å². The van der Waals surface area contributed by atoms with Crippen molar-refractivity contribution >= 4 is 5.71 Å². The molecule has 0 N–H and O–H groups in total. The summed E-state index contributed by atoms with van der Waals surface area (Å²) in [7, 11) is 1.42. The van der Waals surface area contributed by atoms with Crippen LogP contribution in [-0.4, -0.2) is 45.8 Å². The first-order chi connectivity index (χ1) is 12.7. The molecule has 26 heavy (non-hydrogen) atoms. The Bertz CT molecular complexity index is 839. The van der Waals surface area contributed by atoms with Crippen molar-refractivity contribution in [2.45, 2.75) is 38.8 Å². The quantitative estimate of drug-likeness (QED) is 0.843. The molecule has 2 aliphatic rings. The topological polar surface area (TPSA) is 63.5 Å². The number of halogens is 1. The number of aliphatic imine (C=N–C) groups is 1. The molecule has 2 aromatic heterocycles. The van der Waals surface area contributed by atoms with Crippen molar-refractivity contribution in [3.8, 4) is 5.88 Å². The summed E-state index contributed by atoms with van der Waals surface area (Å²) in [6.45, 7) is 3.16. The summed E-state index contributed by atoms with van der Waals surface area (Å²) < 4.78 is 18.7. The molecule has 2 aromatic rings. The highest BCUT2D eigenvalue weighted by Crippen LogP contribution is 2.21. The second-order valence-corrected chi connectivity index (χ2v) is 6.75. The predicted molar refractivity (Wildman–Crippen MR) is 95.9 cm³/mol. The first kappa shape index (κ1) is 17.0. The van der Waals surface area contributed by atoms with E-state index in [2.05, 4.69) is 19.9 Å². The monoisotopic (exact) mass is 355 g/mol. The first-order valence-electron chi connectivity index (χ1n) is 9.02. The number of methoxy groups -OCH3 is 1. The maximum atomic E-state index is 13.8. The maximum Gasteiger partial charge on any atom is 0.250 e. The van der Waals surface area contributed by atoms with E-state index in [0.717, 1.165) is 67.3 Å². The molecule has 0 radical (unpaired) electrons. The number of fused-ring (bicyclic) bond motifs is 1. The van der Waals surface area contributed by atoms with Crippen molar-refractivity contribution in [2.24, 2.45) is 4.99 Å². The Labute approximate surface area is 152 Å². The Balaban J connectivity index is 1.46. The summed E-state index contributed by atoms with van der Waals surface area (Å²) >= 11 is 0. The largest absolute Gasteiger partial charge is 0.479 e. The van der Waals surface area contributed by atoms with Gasteiger partial charge in [0.05, 0.1) is 18.5 Å². The van der Waals surface area contributed by atoms with Gasteiger partial charge in [0.15, 0.2) is 11.6 Å². The smallest absolute Gasteiger partial charge is 0.250 e. The van der Waals surface area contributed by atoms with Crippen LogP contribution in [0.15, 0.2) is 23.5 Å². The van der Waals surface area contributed by atoms with Crippen LogP contribution in [0.1, 0.15) is 41.9 Å². The van der Waals surface area contributed by atoms with Crippen LogP contribution in [0.25, 0.3) is 0 Å². The average Bonchev–Trinajstić information content (AvgIpc) is 2.68. The predicted octanol–water partition coefficient (Wildman–Crippen LogP) is 2.55. The van der Waals surface area contributed by atoms with Crippen LogP contribution < -0.4 is 4.74 Å². The molecule has 136 valence electrons. The van der Waals surface area contributed by atoms with Gasteiger partial charge in [0, 0.05) is 50.6 Å². The molecule has 4 heterocycles. The van der Waals surface area contributed by atoms with Gasteiger partial charge in [-0.15, -0.1) is 0 Å². The zero-order chi connectivity index (χ0) is 17.9. The van der Waals surface area contributed by atoms with E-state index in [1.54, 1.807) is 6.20 Å². The van der Waals surface area contributed by atoms with E-state index in [9.17, 15) is 4.39 Å². The van der Waals surface area contributed by atoms with Crippen molar-refractivity contribution in [2.75, 3.05) is 20.2 Å². The zero-order valence-corrected chi connectivity index (χ0v) is 14.9. The number of rotatable bonds is 4. The summed E-state index contributed by atoms with van der Waals surface area (Å²) in [5.74, 6) is 0.395. The highest BCUT2D eigenvalue weighted by molar-refractivity contribution is 5.97. The van der Waals surface area contributed by atoms with Gasteiger partial charge in [-0.1, -0.05) is 0 Å². The second kappa shape index (κ2) is 7.45. The third-order valence-electron chi connectivity index (χ3n) is 4.86. The molecule has 0 unspecified atom stereocenters. The van der Waals surface area contributed by atoms with E-state index in [1.165, 1.54) is 19.6 Å². The van der Waals surface area contributed by atoms with Gasteiger partial charge in [0.2, 0.25) is 5.88 Å². The molecule has 0 aliphatic carbocycles. The molecule has 0 spiro atoms. The fourth-order valence-electron chi connectivity index (χ4n) is 3.49.